The van der Waals surface area contributed by atoms with E-state index in [4.69, 9.17) is 16.9 Å². The highest BCUT2D eigenvalue weighted by Crippen LogP contribution is 2.26. The zero-order valence-electron chi connectivity index (χ0n) is 10.7. The third kappa shape index (κ3) is 4.21. The second-order valence-corrected chi connectivity index (χ2v) is 7.24. The Hall–Kier alpha value is -1.55. The third-order valence-electron chi connectivity index (χ3n) is 2.68. The van der Waals surface area contributed by atoms with E-state index in [0.29, 0.717) is 26.3 Å². The minimum absolute atomic E-state index is 0.267. The van der Waals surface area contributed by atoms with Crippen LogP contribution in [0.2, 0.25) is 5.02 Å². The van der Waals surface area contributed by atoms with Crippen LogP contribution in [0.3, 0.4) is 0 Å². The highest BCUT2D eigenvalue weighted by molar-refractivity contribution is 9.10. The summed E-state index contributed by atoms with van der Waals surface area (Å²) in [6, 6.07) is 13.3. The minimum atomic E-state index is -3.61. The van der Waals surface area contributed by atoms with Crippen molar-refractivity contribution in [3.8, 4) is 6.07 Å². The van der Waals surface area contributed by atoms with Gasteiger partial charge < -0.3 is 0 Å². The van der Waals surface area contributed by atoms with Gasteiger partial charge in [0.2, 0.25) is 10.0 Å². The first-order valence-electron chi connectivity index (χ1n) is 5.85. The van der Waals surface area contributed by atoms with Crippen molar-refractivity contribution >= 4 is 43.2 Å². The van der Waals surface area contributed by atoms with Crippen molar-refractivity contribution in [1.82, 2.24) is 0 Å². The molecule has 2 aromatic carbocycles. The maximum Gasteiger partial charge on any atom is 0.236 e. The highest BCUT2D eigenvalue weighted by atomic mass is 79.9. The smallest absolute Gasteiger partial charge is 0.236 e. The second kappa shape index (κ2) is 6.48. The fourth-order valence-corrected chi connectivity index (χ4v) is 3.45. The van der Waals surface area contributed by atoms with Crippen LogP contribution in [0.1, 0.15) is 11.1 Å². The van der Waals surface area contributed by atoms with E-state index in [1.54, 1.807) is 42.5 Å². The monoisotopic (exact) mass is 384 g/mol. The van der Waals surface area contributed by atoms with Crippen molar-refractivity contribution in [2.45, 2.75) is 5.75 Å². The summed E-state index contributed by atoms with van der Waals surface area (Å²) in [7, 11) is -3.61. The summed E-state index contributed by atoms with van der Waals surface area (Å²) in [5.74, 6) is -0.267. The van der Waals surface area contributed by atoms with Gasteiger partial charge in [-0.2, -0.15) is 5.26 Å². The number of nitriles is 1. The largest absolute Gasteiger partial charge is 0.283 e. The van der Waals surface area contributed by atoms with Crippen LogP contribution < -0.4 is 4.72 Å². The summed E-state index contributed by atoms with van der Waals surface area (Å²) < 4.78 is 27.4. The van der Waals surface area contributed by atoms with Crippen LogP contribution in [0.15, 0.2) is 46.9 Å². The van der Waals surface area contributed by atoms with Gasteiger partial charge in [0, 0.05) is 10.2 Å². The van der Waals surface area contributed by atoms with E-state index in [1.165, 1.54) is 0 Å². The van der Waals surface area contributed by atoms with Crippen molar-refractivity contribution < 1.29 is 8.42 Å². The number of anilines is 1. The molecule has 0 aliphatic carbocycles. The molecule has 4 nitrogen and oxygen atoms in total. The molecule has 0 aliphatic rings. The molecule has 0 saturated heterocycles. The van der Waals surface area contributed by atoms with E-state index in [0.717, 1.165) is 0 Å². The van der Waals surface area contributed by atoms with Gasteiger partial charge in [0.25, 0.3) is 0 Å². The first-order valence-corrected chi connectivity index (χ1v) is 8.67. The predicted octanol–water partition coefficient (Wildman–Crippen LogP) is 3.92. The molecule has 0 unspecified atom stereocenters. The quantitative estimate of drug-likeness (QED) is 0.867. The average Bonchev–Trinajstić information content (AvgIpc) is 2.43. The normalized spacial score (nSPS) is 10.9. The number of nitrogens with one attached hydrogen (secondary N) is 1. The molecule has 7 heteroatoms. The number of nitrogens with zero attached hydrogens (tertiary/aromatic N) is 1. The van der Waals surface area contributed by atoms with Crippen LogP contribution in [-0.4, -0.2) is 8.42 Å². The molecular formula is C14H10BrClN2O2S. The molecule has 0 radical (unpaired) electrons. The van der Waals surface area contributed by atoms with Gasteiger partial charge in [-0.15, -0.1) is 0 Å². The Morgan fingerprint density at radius 3 is 2.62 bits per heavy atom. The lowest BCUT2D eigenvalue weighted by molar-refractivity contribution is 0.600. The lowest BCUT2D eigenvalue weighted by atomic mass is 10.1. The Morgan fingerprint density at radius 1 is 1.24 bits per heavy atom. The summed E-state index contributed by atoms with van der Waals surface area (Å²) in [6.45, 7) is 0. The molecule has 0 amide bonds. The van der Waals surface area contributed by atoms with Crippen molar-refractivity contribution in [3.05, 3.63) is 63.1 Å². The first-order chi connectivity index (χ1) is 9.91. The summed E-state index contributed by atoms with van der Waals surface area (Å²) in [4.78, 5) is 0. The zero-order valence-corrected chi connectivity index (χ0v) is 13.8. The Kier molecular flexibility index (Phi) is 4.88. The zero-order chi connectivity index (χ0) is 15.5. The van der Waals surface area contributed by atoms with E-state index in [2.05, 4.69) is 20.7 Å². The third-order valence-corrected chi connectivity index (χ3v) is 5.13. The van der Waals surface area contributed by atoms with Gasteiger partial charge in [-0.3, -0.25) is 4.72 Å². The van der Waals surface area contributed by atoms with Gasteiger partial charge in [0.15, 0.2) is 0 Å². The number of sulfonamides is 1. The molecule has 0 atom stereocenters. The van der Waals surface area contributed by atoms with E-state index >= 15 is 0 Å². The molecule has 108 valence electrons. The lowest BCUT2D eigenvalue weighted by Gasteiger charge is -2.09. The van der Waals surface area contributed by atoms with Crippen molar-refractivity contribution in [2.75, 3.05) is 4.72 Å². The number of halogens is 2. The lowest BCUT2D eigenvalue weighted by Crippen LogP contribution is -2.15. The molecule has 0 bridgehead atoms. The second-order valence-electron chi connectivity index (χ2n) is 4.26. The molecule has 1 N–H and O–H groups in total. The molecule has 0 aliphatic heterocycles. The molecule has 0 saturated carbocycles. The molecule has 0 spiro atoms. The highest BCUT2D eigenvalue weighted by Gasteiger charge is 2.14. The van der Waals surface area contributed by atoms with E-state index < -0.39 is 10.0 Å². The van der Waals surface area contributed by atoms with Gasteiger partial charge in [-0.05, 0) is 45.8 Å². The van der Waals surface area contributed by atoms with Gasteiger partial charge in [0.1, 0.15) is 0 Å². The Bertz CT molecular complexity index is 816. The van der Waals surface area contributed by atoms with Crippen LogP contribution in [-0.2, 0) is 15.8 Å². The van der Waals surface area contributed by atoms with E-state index in [1.807, 2.05) is 6.07 Å². The first kappa shape index (κ1) is 15.8. The van der Waals surface area contributed by atoms with Crippen molar-refractivity contribution in [3.63, 3.8) is 0 Å². The molecule has 21 heavy (non-hydrogen) atoms. The number of rotatable bonds is 4. The Balaban J connectivity index is 2.23. The standard InChI is InChI=1S/C14H10BrClN2O2S/c15-13-7-12(5-6-14(13)16)18-21(19,20)9-11-4-2-1-3-10(11)8-17/h1-7,18H,9H2. The summed E-state index contributed by atoms with van der Waals surface area (Å²) in [5, 5.41) is 9.48. The summed E-state index contributed by atoms with van der Waals surface area (Å²) in [6.07, 6.45) is 0. The summed E-state index contributed by atoms with van der Waals surface area (Å²) in [5.41, 5.74) is 1.21. The van der Waals surface area contributed by atoms with Crippen LogP contribution in [0.5, 0.6) is 0 Å². The molecule has 0 fully saturated rings. The number of benzene rings is 2. The molecule has 2 rings (SSSR count). The van der Waals surface area contributed by atoms with Crippen molar-refractivity contribution in [1.29, 1.82) is 5.26 Å². The van der Waals surface area contributed by atoms with Crippen LogP contribution in [0, 0.1) is 11.3 Å². The average molecular weight is 386 g/mol. The number of hydrogen-bond acceptors (Lipinski definition) is 3. The van der Waals surface area contributed by atoms with E-state index in [-0.39, 0.29) is 5.75 Å². The fourth-order valence-electron chi connectivity index (χ4n) is 1.74. The Labute approximate surface area is 136 Å². The number of hydrogen-bond donors (Lipinski definition) is 1. The predicted molar refractivity (Wildman–Crippen MR) is 86.6 cm³/mol. The molecule has 0 heterocycles. The summed E-state index contributed by atoms with van der Waals surface area (Å²) >= 11 is 9.09. The van der Waals surface area contributed by atoms with Crippen LogP contribution >= 0.6 is 27.5 Å². The van der Waals surface area contributed by atoms with Crippen molar-refractivity contribution in [2.24, 2.45) is 0 Å². The molecule has 2 aromatic rings. The van der Waals surface area contributed by atoms with Crippen LogP contribution in [0.4, 0.5) is 5.69 Å². The maximum absolute atomic E-state index is 12.2. The maximum atomic E-state index is 12.2. The van der Waals surface area contributed by atoms with E-state index in [9.17, 15) is 8.42 Å². The molecular weight excluding hydrogens is 376 g/mol. The van der Waals surface area contributed by atoms with Gasteiger partial charge in [0.05, 0.1) is 22.4 Å². The fraction of sp³-hybridized carbons (Fsp3) is 0.0714. The van der Waals surface area contributed by atoms with Gasteiger partial charge >= 0.3 is 0 Å². The van der Waals surface area contributed by atoms with Gasteiger partial charge in [-0.25, -0.2) is 8.42 Å². The molecule has 0 aromatic heterocycles. The SMILES string of the molecule is N#Cc1ccccc1CS(=O)(=O)Nc1ccc(Cl)c(Br)c1. The van der Waals surface area contributed by atoms with Gasteiger partial charge in [-0.1, -0.05) is 29.8 Å². The minimum Gasteiger partial charge on any atom is -0.283 e. The topological polar surface area (TPSA) is 70.0 Å². The Morgan fingerprint density at radius 2 is 1.95 bits per heavy atom. The van der Waals surface area contributed by atoms with Crippen LogP contribution in [0.25, 0.3) is 0 Å².